The van der Waals surface area contributed by atoms with Crippen LogP contribution in [-0.4, -0.2) is 23.5 Å². The molecule has 4 heteroatoms. The molecule has 4 nitrogen and oxygen atoms in total. The van der Waals surface area contributed by atoms with Crippen molar-refractivity contribution >= 4 is 11.9 Å². The van der Waals surface area contributed by atoms with E-state index in [1.807, 2.05) is 18.2 Å². The fraction of sp³-hybridized carbons (Fsp3) is 0.529. The maximum atomic E-state index is 12.0. The number of hydrogen-bond donors (Lipinski definition) is 2. The second-order valence-corrected chi connectivity index (χ2v) is 5.94. The molecule has 0 aliphatic heterocycles. The lowest BCUT2D eigenvalue weighted by Gasteiger charge is -2.14. The third kappa shape index (κ3) is 4.31. The standard InChI is InChI=1S/C17H23NO3/c1-12(13-5-3-2-4-6-13)9-10-18-16(19)14-7-8-15(11-14)17(20)21/h2-6,12,14-15H,7-11H2,1H3,(H,18,19)(H,20,21)/t12?,14-,15+/m1/s1. The summed E-state index contributed by atoms with van der Waals surface area (Å²) in [6.07, 6.45) is 2.69. The number of rotatable bonds is 6. The maximum Gasteiger partial charge on any atom is 0.306 e. The molecule has 1 fully saturated rings. The van der Waals surface area contributed by atoms with E-state index in [9.17, 15) is 9.59 Å². The number of carbonyl (C=O) groups excluding carboxylic acids is 1. The lowest BCUT2D eigenvalue weighted by Crippen LogP contribution is -2.31. The molecule has 1 aliphatic rings. The van der Waals surface area contributed by atoms with Crippen molar-refractivity contribution in [2.24, 2.45) is 11.8 Å². The van der Waals surface area contributed by atoms with E-state index in [1.54, 1.807) is 0 Å². The van der Waals surface area contributed by atoms with Crippen LogP contribution in [0.25, 0.3) is 0 Å². The fourth-order valence-corrected chi connectivity index (χ4v) is 2.95. The van der Waals surface area contributed by atoms with E-state index in [1.165, 1.54) is 5.56 Å². The molecule has 0 saturated heterocycles. The third-order valence-electron chi connectivity index (χ3n) is 4.40. The van der Waals surface area contributed by atoms with Crippen molar-refractivity contribution in [1.82, 2.24) is 5.32 Å². The Kier molecular flexibility index (Phi) is 5.37. The van der Waals surface area contributed by atoms with E-state index in [0.717, 1.165) is 6.42 Å². The van der Waals surface area contributed by atoms with Crippen LogP contribution in [0.3, 0.4) is 0 Å². The van der Waals surface area contributed by atoms with Crippen molar-refractivity contribution in [2.75, 3.05) is 6.54 Å². The van der Waals surface area contributed by atoms with E-state index in [-0.39, 0.29) is 17.7 Å². The van der Waals surface area contributed by atoms with E-state index in [2.05, 4.69) is 24.4 Å². The molecule has 0 spiro atoms. The zero-order valence-corrected chi connectivity index (χ0v) is 12.4. The largest absolute Gasteiger partial charge is 0.481 e. The average Bonchev–Trinajstić information content (AvgIpc) is 2.98. The van der Waals surface area contributed by atoms with Crippen LogP contribution in [0.4, 0.5) is 0 Å². The highest BCUT2D eigenvalue weighted by molar-refractivity contribution is 5.80. The molecular formula is C17H23NO3. The van der Waals surface area contributed by atoms with E-state index in [0.29, 0.717) is 31.7 Å². The van der Waals surface area contributed by atoms with Gasteiger partial charge in [0, 0.05) is 12.5 Å². The van der Waals surface area contributed by atoms with Crippen LogP contribution in [0.5, 0.6) is 0 Å². The molecule has 1 unspecified atom stereocenters. The van der Waals surface area contributed by atoms with Gasteiger partial charge in [-0.1, -0.05) is 37.3 Å². The summed E-state index contributed by atoms with van der Waals surface area (Å²) in [5, 5.41) is 11.9. The van der Waals surface area contributed by atoms with Crippen molar-refractivity contribution in [2.45, 2.75) is 38.5 Å². The molecule has 1 saturated carbocycles. The molecule has 21 heavy (non-hydrogen) atoms. The molecule has 2 N–H and O–H groups in total. The Labute approximate surface area is 125 Å². The van der Waals surface area contributed by atoms with Crippen LogP contribution in [-0.2, 0) is 9.59 Å². The number of nitrogens with one attached hydrogen (secondary N) is 1. The summed E-state index contributed by atoms with van der Waals surface area (Å²) in [4.78, 5) is 22.9. The lowest BCUT2D eigenvalue weighted by molar-refractivity contribution is -0.141. The Morgan fingerprint density at radius 2 is 1.90 bits per heavy atom. The van der Waals surface area contributed by atoms with Crippen LogP contribution >= 0.6 is 0 Å². The summed E-state index contributed by atoms with van der Waals surface area (Å²) in [6, 6.07) is 10.2. The van der Waals surface area contributed by atoms with E-state index in [4.69, 9.17) is 5.11 Å². The molecule has 1 aliphatic carbocycles. The van der Waals surface area contributed by atoms with Crippen LogP contribution in [0.15, 0.2) is 30.3 Å². The summed E-state index contributed by atoms with van der Waals surface area (Å²) in [6.45, 7) is 2.79. The summed E-state index contributed by atoms with van der Waals surface area (Å²) in [5.74, 6) is -0.828. The van der Waals surface area contributed by atoms with Gasteiger partial charge in [0.1, 0.15) is 0 Å². The number of benzene rings is 1. The molecule has 0 aromatic heterocycles. The number of aliphatic carboxylic acids is 1. The average molecular weight is 289 g/mol. The molecule has 0 heterocycles. The molecule has 0 radical (unpaired) electrons. The first-order chi connectivity index (χ1) is 10.1. The fourth-order valence-electron chi connectivity index (χ4n) is 2.95. The quantitative estimate of drug-likeness (QED) is 0.846. The van der Waals surface area contributed by atoms with Crippen molar-refractivity contribution < 1.29 is 14.7 Å². The first-order valence-corrected chi connectivity index (χ1v) is 7.63. The minimum absolute atomic E-state index is 0.0130. The van der Waals surface area contributed by atoms with E-state index < -0.39 is 5.97 Å². The number of carbonyl (C=O) groups is 2. The number of amides is 1. The van der Waals surface area contributed by atoms with Gasteiger partial charge >= 0.3 is 5.97 Å². The third-order valence-corrected chi connectivity index (χ3v) is 4.40. The van der Waals surface area contributed by atoms with Crippen molar-refractivity contribution in [3.05, 3.63) is 35.9 Å². The highest BCUT2D eigenvalue weighted by Gasteiger charge is 2.33. The minimum atomic E-state index is -0.775. The zero-order valence-electron chi connectivity index (χ0n) is 12.4. The van der Waals surface area contributed by atoms with Gasteiger partial charge in [0.15, 0.2) is 0 Å². The summed E-state index contributed by atoms with van der Waals surface area (Å²) < 4.78 is 0. The van der Waals surface area contributed by atoms with Crippen molar-refractivity contribution in [1.29, 1.82) is 0 Å². The van der Waals surface area contributed by atoms with Gasteiger partial charge in [-0.25, -0.2) is 0 Å². The monoisotopic (exact) mass is 289 g/mol. The molecule has 2 rings (SSSR count). The molecule has 1 aromatic carbocycles. The molecule has 114 valence electrons. The SMILES string of the molecule is CC(CCNC(=O)[C@@H]1CC[C@H](C(=O)O)C1)c1ccccc1. The molecular weight excluding hydrogens is 266 g/mol. The Bertz CT molecular complexity index is 486. The topological polar surface area (TPSA) is 66.4 Å². The van der Waals surface area contributed by atoms with Gasteiger partial charge in [0.05, 0.1) is 5.92 Å². The first-order valence-electron chi connectivity index (χ1n) is 7.63. The Morgan fingerprint density at radius 3 is 2.52 bits per heavy atom. The van der Waals surface area contributed by atoms with Crippen molar-refractivity contribution in [3.8, 4) is 0 Å². The van der Waals surface area contributed by atoms with Gasteiger partial charge in [-0.3, -0.25) is 9.59 Å². The van der Waals surface area contributed by atoms with E-state index >= 15 is 0 Å². The normalized spacial score (nSPS) is 22.7. The zero-order chi connectivity index (χ0) is 15.2. The predicted molar refractivity (Wildman–Crippen MR) is 81.0 cm³/mol. The Balaban J connectivity index is 1.71. The van der Waals surface area contributed by atoms with Gasteiger partial charge in [0.25, 0.3) is 0 Å². The molecule has 1 amide bonds. The Hall–Kier alpha value is -1.84. The molecule has 0 bridgehead atoms. The minimum Gasteiger partial charge on any atom is -0.481 e. The lowest BCUT2D eigenvalue weighted by atomic mass is 9.98. The van der Waals surface area contributed by atoms with Crippen LogP contribution < -0.4 is 5.32 Å². The van der Waals surface area contributed by atoms with Gasteiger partial charge in [-0.2, -0.15) is 0 Å². The van der Waals surface area contributed by atoms with Crippen molar-refractivity contribution in [3.63, 3.8) is 0 Å². The van der Waals surface area contributed by atoms with Crippen LogP contribution in [0.2, 0.25) is 0 Å². The van der Waals surface area contributed by atoms with Gasteiger partial charge < -0.3 is 10.4 Å². The van der Waals surface area contributed by atoms with Gasteiger partial charge in [-0.15, -0.1) is 0 Å². The molecule has 3 atom stereocenters. The first kappa shape index (κ1) is 15.5. The summed E-state index contributed by atoms with van der Waals surface area (Å²) in [7, 11) is 0. The molecule has 1 aromatic rings. The highest BCUT2D eigenvalue weighted by Crippen LogP contribution is 2.31. The Morgan fingerprint density at radius 1 is 1.24 bits per heavy atom. The predicted octanol–water partition coefficient (Wildman–Crippen LogP) is 2.80. The summed E-state index contributed by atoms with van der Waals surface area (Å²) >= 11 is 0. The van der Waals surface area contributed by atoms with Crippen LogP contribution in [0.1, 0.15) is 44.1 Å². The second-order valence-electron chi connectivity index (χ2n) is 5.94. The smallest absolute Gasteiger partial charge is 0.306 e. The maximum absolute atomic E-state index is 12.0. The van der Waals surface area contributed by atoms with Gasteiger partial charge in [0.2, 0.25) is 5.91 Å². The van der Waals surface area contributed by atoms with Crippen LogP contribution in [0, 0.1) is 11.8 Å². The number of carboxylic acid groups (broad SMARTS) is 1. The number of carboxylic acids is 1. The second kappa shape index (κ2) is 7.25. The highest BCUT2D eigenvalue weighted by atomic mass is 16.4. The van der Waals surface area contributed by atoms with Gasteiger partial charge in [-0.05, 0) is 37.2 Å². The summed E-state index contributed by atoms with van der Waals surface area (Å²) in [5.41, 5.74) is 1.28. The number of hydrogen-bond acceptors (Lipinski definition) is 2.